The minimum Gasteiger partial charge on any atom is -0.274 e. The molecule has 1 aliphatic heterocycles. The predicted octanol–water partition coefficient (Wildman–Crippen LogP) is 0.978. The molecule has 1 fully saturated rings. The largest absolute Gasteiger partial charge is 0.274 e. The molecule has 21 heavy (non-hydrogen) atoms. The third kappa shape index (κ3) is 2.01. The molecule has 7 nitrogen and oxygen atoms in total. The molecule has 3 rings (SSSR count). The predicted molar refractivity (Wildman–Crippen MR) is 72.9 cm³/mol. The van der Waals surface area contributed by atoms with Crippen LogP contribution in [-0.4, -0.2) is 37.3 Å². The summed E-state index contributed by atoms with van der Waals surface area (Å²) in [5, 5.41) is 13.5. The summed E-state index contributed by atoms with van der Waals surface area (Å²) in [5.74, 6) is -0.117. The van der Waals surface area contributed by atoms with E-state index < -0.39 is 11.5 Å². The van der Waals surface area contributed by atoms with Gasteiger partial charge in [-0.2, -0.15) is 5.21 Å². The lowest BCUT2D eigenvalue weighted by Crippen LogP contribution is -2.38. The van der Waals surface area contributed by atoms with Crippen LogP contribution in [0, 0.1) is 0 Å². The molecule has 0 aliphatic carbocycles. The molecule has 1 N–H and O–H groups in total. The summed E-state index contributed by atoms with van der Waals surface area (Å²) in [6.45, 7) is 3.52. The molecule has 7 heteroatoms. The Hall–Kier alpha value is -2.57. The number of nitrogens with zero attached hydrogens (tertiary/aromatic N) is 4. The van der Waals surface area contributed by atoms with Gasteiger partial charge in [0.2, 0.25) is 11.8 Å². The highest BCUT2D eigenvalue weighted by Crippen LogP contribution is 2.39. The van der Waals surface area contributed by atoms with Crippen LogP contribution in [0.4, 0.5) is 0 Å². The molecule has 2 aromatic rings. The fourth-order valence-corrected chi connectivity index (χ4v) is 2.73. The molecule has 108 valence electrons. The standard InChI is InChI=1S/C14H15N5O2/c1-9(12-15-17-18-16-12)19-11(20)8-14(2,13(19)21)10-6-4-3-5-7-10/h3-7,9H,8H2,1-2H3,(H,15,16,17,18). The van der Waals surface area contributed by atoms with Crippen LogP contribution in [0.15, 0.2) is 30.3 Å². The lowest BCUT2D eigenvalue weighted by atomic mass is 9.81. The van der Waals surface area contributed by atoms with Crippen LogP contribution in [-0.2, 0) is 15.0 Å². The number of H-pyrrole nitrogens is 1. The molecule has 0 spiro atoms. The van der Waals surface area contributed by atoms with Gasteiger partial charge < -0.3 is 0 Å². The number of carbonyl (C=O) groups excluding carboxylic acids is 2. The van der Waals surface area contributed by atoms with Gasteiger partial charge in [-0.25, -0.2) is 0 Å². The summed E-state index contributed by atoms with van der Waals surface area (Å²) in [6.07, 6.45) is 0.151. The fraction of sp³-hybridized carbons (Fsp3) is 0.357. The number of aromatic nitrogens is 4. The quantitative estimate of drug-likeness (QED) is 0.849. The van der Waals surface area contributed by atoms with Crippen molar-refractivity contribution in [2.24, 2.45) is 0 Å². The Bertz CT molecular complexity index is 670. The molecule has 1 aromatic heterocycles. The second kappa shape index (κ2) is 4.76. The number of rotatable bonds is 3. The van der Waals surface area contributed by atoms with Crippen molar-refractivity contribution in [1.29, 1.82) is 0 Å². The molecule has 0 saturated carbocycles. The number of benzene rings is 1. The number of tetrazole rings is 1. The van der Waals surface area contributed by atoms with Gasteiger partial charge >= 0.3 is 0 Å². The van der Waals surface area contributed by atoms with Crippen LogP contribution in [0.25, 0.3) is 0 Å². The topological polar surface area (TPSA) is 91.8 Å². The first-order valence-electron chi connectivity index (χ1n) is 6.69. The van der Waals surface area contributed by atoms with E-state index in [0.717, 1.165) is 5.56 Å². The summed E-state index contributed by atoms with van der Waals surface area (Å²) in [7, 11) is 0. The van der Waals surface area contributed by atoms with Crippen molar-refractivity contribution in [2.45, 2.75) is 31.7 Å². The maximum atomic E-state index is 12.8. The zero-order chi connectivity index (χ0) is 15.0. The van der Waals surface area contributed by atoms with E-state index in [1.54, 1.807) is 13.8 Å². The zero-order valence-electron chi connectivity index (χ0n) is 11.8. The Balaban J connectivity index is 1.96. The van der Waals surface area contributed by atoms with Gasteiger partial charge in [0.15, 0.2) is 5.82 Å². The summed E-state index contributed by atoms with van der Waals surface area (Å²) in [4.78, 5) is 26.4. The Morgan fingerprint density at radius 2 is 2.00 bits per heavy atom. The van der Waals surface area contributed by atoms with Crippen LogP contribution in [0.5, 0.6) is 0 Å². The summed E-state index contributed by atoms with van der Waals surface area (Å²) >= 11 is 0. The molecule has 0 radical (unpaired) electrons. The molecular weight excluding hydrogens is 270 g/mol. The number of amides is 2. The number of likely N-dealkylation sites (tertiary alicyclic amines) is 1. The van der Waals surface area contributed by atoms with Gasteiger partial charge in [0, 0.05) is 6.42 Å². The second-order valence-corrected chi connectivity index (χ2v) is 5.39. The van der Waals surface area contributed by atoms with E-state index >= 15 is 0 Å². The van der Waals surface area contributed by atoms with Gasteiger partial charge in [0.05, 0.1) is 5.41 Å². The van der Waals surface area contributed by atoms with E-state index in [2.05, 4.69) is 20.6 Å². The third-order valence-electron chi connectivity index (χ3n) is 4.00. The maximum Gasteiger partial charge on any atom is 0.240 e. The fourth-order valence-electron chi connectivity index (χ4n) is 2.73. The lowest BCUT2D eigenvalue weighted by molar-refractivity contribution is -0.142. The Morgan fingerprint density at radius 1 is 1.29 bits per heavy atom. The molecule has 0 bridgehead atoms. The molecule has 1 aromatic carbocycles. The maximum absolute atomic E-state index is 12.8. The number of imide groups is 1. The van der Waals surface area contributed by atoms with E-state index in [9.17, 15) is 9.59 Å². The van der Waals surface area contributed by atoms with Crippen molar-refractivity contribution in [3.05, 3.63) is 41.7 Å². The van der Waals surface area contributed by atoms with Crippen molar-refractivity contribution in [1.82, 2.24) is 25.5 Å². The van der Waals surface area contributed by atoms with Gasteiger partial charge in [0.1, 0.15) is 6.04 Å². The van der Waals surface area contributed by atoms with E-state index in [0.29, 0.717) is 5.82 Å². The van der Waals surface area contributed by atoms with Crippen molar-refractivity contribution in [2.75, 3.05) is 0 Å². The van der Waals surface area contributed by atoms with Crippen molar-refractivity contribution >= 4 is 11.8 Å². The summed E-state index contributed by atoms with van der Waals surface area (Å²) in [6, 6.07) is 8.82. The Morgan fingerprint density at radius 3 is 2.62 bits per heavy atom. The van der Waals surface area contributed by atoms with Gasteiger partial charge in [-0.05, 0) is 19.4 Å². The van der Waals surface area contributed by atoms with E-state index in [1.807, 2.05) is 30.3 Å². The second-order valence-electron chi connectivity index (χ2n) is 5.39. The van der Waals surface area contributed by atoms with Gasteiger partial charge in [-0.1, -0.05) is 35.5 Å². The first-order chi connectivity index (χ1) is 10.0. The minimum atomic E-state index is -0.837. The van der Waals surface area contributed by atoms with Gasteiger partial charge in [-0.3, -0.25) is 14.5 Å². The average Bonchev–Trinajstić information content (AvgIpc) is 3.08. The summed E-state index contributed by atoms with van der Waals surface area (Å²) < 4.78 is 0. The highest BCUT2D eigenvalue weighted by molar-refractivity contribution is 6.09. The molecule has 2 unspecified atom stereocenters. The third-order valence-corrected chi connectivity index (χ3v) is 4.00. The number of hydrogen-bond donors (Lipinski definition) is 1. The van der Waals surface area contributed by atoms with Crippen molar-refractivity contribution in [3.63, 3.8) is 0 Å². The van der Waals surface area contributed by atoms with E-state index in [4.69, 9.17) is 0 Å². The van der Waals surface area contributed by atoms with Crippen LogP contribution in [0.3, 0.4) is 0 Å². The normalized spacial score (nSPS) is 23.6. The molecular formula is C14H15N5O2. The van der Waals surface area contributed by atoms with Crippen molar-refractivity contribution < 1.29 is 9.59 Å². The van der Waals surface area contributed by atoms with Crippen LogP contribution in [0.2, 0.25) is 0 Å². The first-order valence-corrected chi connectivity index (χ1v) is 6.69. The molecule has 1 saturated heterocycles. The number of aromatic amines is 1. The van der Waals surface area contributed by atoms with Crippen molar-refractivity contribution in [3.8, 4) is 0 Å². The lowest BCUT2D eigenvalue weighted by Gasteiger charge is -2.25. The monoisotopic (exact) mass is 285 g/mol. The average molecular weight is 285 g/mol. The highest BCUT2D eigenvalue weighted by Gasteiger charge is 2.51. The smallest absolute Gasteiger partial charge is 0.240 e. The summed E-state index contributed by atoms with van der Waals surface area (Å²) in [5.41, 5.74) is 0.00207. The number of nitrogens with one attached hydrogen (secondary N) is 1. The van der Waals surface area contributed by atoms with Gasteiger partial charge in [0.25, 0.3) is 0 Å². The van der Waals surface area contributed by atoms with Crippen LogP contribution in [0.1, 0.15) is 37.7 Å². The molecule has 2 heterocycles. The molecule has 2 atom stereocenters. The Kier molecular flexibility index (Phi) is 3.04. The van der Waals surface area contributed by atoms with Crippen LogP contribution < -0.4 is 0 Å². The van der Waals surface area contributed by atoms with E-state index in [1.165, 1.54) is 4.90 Å². The van der Waals surface area contributed by atoms with Gasteiger partial charge in [-0.15, -0.1) is 10.2 Å². The van der Waals surface area contributed by atoms with E-state index in [-0.39, 0.29) is 18.2 Å². The Labute approximate surface area is 121 Å². The zero-order valence-corrected chi connectivity index (χ0v) is 11.8. The highest BCUT2D eigenvalue weighted by atomic mass is 16.2. The number of hydrogen-bond acceptors (Lipinski definition) is 5. The SMILES string of the molecule is CC(c1nn[nH]n1)N1C(=O)CC(C)(c2ccccc2)C1=O. The van der Waals surface area contributed by atoms with Crippen LogP contribution >= 0.6 is 0 Å². The first kappa shape index (κ1) is 13.4. The molecule has 2 amide bonds. The molecule has 1 aliphatic rings. The minimum absolute atomic E-state index is 0.151. The number of carbonyl (C=O) groups is 2.